The molecule has 0 amide bonds. The fraction of sp³-hybridized carbons (Fsp3) is 0.400. The summed E-state index contributed by atoms with van der Waals surface area (Å²) in [4.78, 5) is 0. The smallest absolute Gasteiger partial charge is 0.699 e. The predicted molar refractivity (Wildman–Crippen MR) is 54.1 cm³/mol. The van der Waals surface area contributed by atoms with Crippen LogP contribution in [0.4, 0.5) is 10.1 Å². The molecule has 0 fully saturated rings. The SMILES string of the molecule is COC(c1ccc([NH-])cc1)C(N)CF.[Rb+]. The van der Waals surface area contributed by atoms with E-state index in [1.54, 1.807) is 24.3 Å². The molecular formula is C10H14FN2ORb. The molecule has 2 unspecified atom stereocenters. The van der Waals surface area contributed by atoms with Crippen LogP contribution in [0.5, 0.6) is 0 Å². The molecule has 0 radical (unpaired) electrons. The van der Waals surface area contributed by atoms with Gasteiger partial charge in [-0.25, -0.2) is 4.39 Å². The third-order valence-electron chi connectivity index (χ3n) is 2.06. The molecule has 2 atom stereocenters. The minimum Gasteiger partial charge on any atom is -0.699 e. The van der Waals surface area contributed by atoms with Crippen LogP contribution in [0.3, 0.4) is 0 Å². The summed E-state index contributed by atoms with van der Waals surface area (Å²) in [5, 5.41) is 0. The third kappa shape index (κ3) is 4.59. The van der Waals surface area contributed by atoms with Crippen molar-refractivity contribution in [3.05, 3.63) is 35.6 Å². The number of hydrogen-bond donors (Lipinski definition) is 1. The summed E-state index contributed by atoms with van der Waals surface area (Å²) in [6, 6.07) is 6.06. The second-order valence-corrected chi connectivity index (χ2v) is 3.10. The molecule has 1 aromatic rings. The van der Waals surface area contributed by atoms with E-state index < -0.39 is 18.8 Å². The largest absolute Gasteiger partial charge is 1.00 e. The molecule has 0 aliphatic heterocycles. The first-order valence-corrected chi connectivity index (χ1v) is 4.35. The molecule has 1 aromatic carbocycles. The van der Waals surface area contributed by atoms with Gasteiger partial charge in [-0.3, -0.25) is 0 Å². The van der Waals surface area contributed by atoms with Gasteiger partial charge in [0, 0.05) is 7.11 Å². The zero-order valence-electron chi connectivity index (χ0n) is 9.03. The van der Waals surface area contributed by atoms with Crippen LogP contribution in [0.1, 0.15) is 11.7 Å². The van der Waals surface area contributed by atoms with Gasteiger partial charge in [0.1, 0.15) is 6.67 Å². The summed E-state index contributed by atoms with van der Waals surface area (Å²) in [6.45, 7) is -0.624. The van der Waals surface area contributed by atoms with Crippen molar-refractivity contribution in [1.29, 1.82) is 0 Å². The van der Waals surface area contributed by atoms with Gasteiger partial charge in [-0.1, -0.05) is 24.3 Å². The second kappa shape index (κ2) is 7.87. The number of hydrogen-bond acceptors (Lipinski definition) is 2. The third-order valence-corrected chi connectivity index (χ3v) is 2.06. The fourth-order valence-corrected chi connectivity index (χ4v) is 1.31. The zero-order valence-corrected chi connectivity index (χ0v) is 14.0. The standard InChI is InChI=1S/C10H14FN2O.Rb/c1-14-10(9(13)6-11)7-2-4-8(12)5-3-7;/h2-5,9-10,12H,6,13H2,1H3;/q-1;+1. The number of nitrogens with one attached hydrogen (secondary N) is 1. The van der Waals surface area contributed by atoms with E-state index in [-0.39, 0.29) is 58.2 Å². The van der Waals surface area contributed by atoms with Crippen LogP contribution in [-0.4, -0.2) is 19.8 Å². The molecule has 0 heterocycles. The van der Waals surface area contributed by atoms with Gasteiger partial charge < -0.3 is 16.2 Å². The van der Waals surface area contributed by atoms with Crippen molar-refractivity contribution >= 4 is 5.69 Å². The summed E-state index contributed by atoms with van der Waals surface area (Å²) in [5.74, 6) is 0. The van der Waals surface area contributed by atoms with Gasteiger partial charge in [0.15, 0.2) is 0 Å². The van der Waals surface area contributed by atoms with Crippen molar-refractivity contribution < 1.29 is 67.3 Å². The van der Waals surface area contributed by atoms with E-state index in [2.05, 4.69) is 0 Å². The van der Waals surface area contributed by atoms with Gasteiger partial charge in [-0.2, -0.15) is 0 Å². The van der Waals surface area contributed by atoms with Gasteiger partial charge in [0.25, 0.3) is 0 Å². The zero-order chi connectivity index (χ0) is 10.6. The first kappa shape index (κ1) is 15.7. The van der Waals surface area contributed by atoms with E-state index in [1.165, 1.54) is 7.11 Å². The number of ether oxygens (including phenoxy) is 1. The van der Waals surface area contributed by atoms with Crippen molar-refractivity contribution in [3.8, 4) is 0 Å². The summed E-state index contributed by atoms with van der Waals surface area (Å²) >= 11 is 0. The summed E-state index contributed by atoms with van der Waals surface area (Å²) in [6.07, 6.45) is -0.444. The molecule has 0 saturated heterocycles. The van der Waals surface area contributed by atoms with Crippen molar-refractivity contribution in [1.82, 2.24) is 0 Å². The minimum absolute atomic E-state index is 0. The number of methoxy groups -OCH3 is 1. The number of nitrogens with two attached hydrogens (primary N) is 1. The van der Waals surface area contributed by atoms with E-state index in [0.29, 0.717) is 5.69 Å². The Morgan fingerprint density at radius 3 is 2.33 bits per heavy atom. The van der Waals surface area contributed by atoms with Crippen LogP contribution in [0.2, 0.25) is 0 Å². The molecule has 3 N–H and O–H groups in total. The Balaban J connectivity index is 0.00000196. The van der Waals surface area contributed by atoms with E-state index in [0.717, 1.165) is 5.56 Å². The van der Waals surface area contributed by atoms with Crippen LogP contribution < -0.4 is 63.9 Å². The van der Waals surface area contributed by atoms with E-state index in [4.69, 9.17) is 16.2 Å². The topological polar surface area (TPSA) is 59.0 Å². The molecule has 0 saturated carbocycles. The van der Waals surface area contributed by atoms with E-state index in [9.17, 15) is 4.39 Å². The summed E-state index contributed by atoms with van der Waals surface area (Å²) in [5.41, 5.74) is 14.1. The Kier molecular flexibility index (Phi) is 8.22. The Morgan fingerprint density at radius 1 is 1.40 bits per heavy atom. The minimum atomic E-state index is -0.656. The molecule has 78 valence electrons. The Hall–Kier alpha value is 0.675. The van der Waals surface area contributed by atoms with Crippen molar-refractivity contribution in [2.75, 3.05) is 13.8 Å². The van der Waals surface area contributed by atoms with Crippen LogP contribution in [-0.2, 0) is 4.74 Å². The van der Waals surface area contributed by atoms with Crippen molar-refractivity contribution in [3.63, 3.8) is 0 Å². The van der Waals surface area contributed by atoms with Crippen LogP contribution in [0, 0.1) is 0 Å². The maximum absolute atomic E-state index is 12.3. The van der Waals surface area contributed by atoms with E-state index >= 15 is 0 Å². The van der Waals surface area contributed by atoms with Gasteiger partial charge in [-0.15, -0.1) is 5.69 Å². The molecule has 15 heavy (non-hydrogen) atoms. The predicted octanol–water partition coefficient (Wildman–Crippen LogP) is -0.641. The molecule has 1 rings (SSSR count). The molecule has 3 nitrogen and oxygen atoms in total. The quantitative estimate of drug-likeness (QED) is 0.799. The number of rotatable bonds is 4. The summed E-state index contributed by atoms with van der Waals surface area (Å²) < 4.78 is 17.4. The molecule has 0 aliphatic rings. The Morgan fingerprint density at radius 2 is 1.93 bits per heavy atom. The average Bonchev–Trinajstić information content (AvgIpc) is 2.21. The van der Waals surface area contributed by atoms with Gasteiger partial charge in [-0.05, 0) is 5.56 Å². The normalized spacial score (nSPS) is 14.1. The molecular weight excluding hydrogens is 269 g/mol. The first-order chi connectivity index (χ1) is 6.69. The Bertz CT molecular complexity index is 281. The maximum atomic E-state index is 12.3. The average molecular weight is 283 g/mol. The van der Waals surface area contributed by atoms with Crippen molar-refractivity contribution in [2.24, 2.45) is 5.73 Å². The second-order valence-electron chi connectivity index (χ2n) is 3.10. The van der Waals surface area contributed by atoms with Gasteiger partial charge in [0.2, 0.25) is 0 Å². The van der Waals surface area contributed by atoms with E-state index in [1.807, 2.05) is 0 Å². The molecule has 0 aliphatic carbocycles. The number of halogens is 1. The molecule has 5 heteroatoms. The first-order valence-electron chi connectivity index (χ1n) is 4.35. The maximum Gasteiger partial charge on any atom is 1.00 e. The van der Waals surface area contributed by atoms with Gasteiger partial charge >= 0.3 is 58.2 Å². The van der Waals surface area contributed by atoms with Crippen LogP contribution in [0.15, 0.2) is 24.3 Å². The monoisotopic (exact) mass is 282 g/mol. The number of benzene rings is 1. The number of alkyl halides is 1. The molecule has 0 bridgehead atoms. The molecule has 0 aromatic heterocycles. The fourth-order valence-electron chi connectivity index (χ4n) is 1.31. The van der Waals surface area contributed by atoms with Gasteiger partial charge in [0.05, 0.1) is 12.1 Å². The van der Waals surface area contributed by atoms with Crippen molar-refractivity contribution in [2.45, 2.75) is 12.1 Å². The Labute approximate surface area is 138 Å². The molecule has 0 spiro atoms. The summed E-state index contributed by atoms with van der Waals surface area (Å²) in [7, 11) is 1.49. The van der Waals surface area contributed by atoms with Crippen LogP contribution >= 0.6 is 0 Å². The van der Waals surface area contributed by atoms with Crippen LogP contribution in [0.25, 0.3) is 5.73 Å².